The van der Waals surface area contributed by atoms with Gasteiger partial charge in [0.05, 0.1) is 13.7 Å². The monoisotopic (exact) mass is 572 g/mol. The fourth-order valence-electron chi connectivity index (χ4n) is 4.44. The molecule has 2 saturated heterocycles. The van der Waals surface area contributed by atoms with Crippen LogP contribution in [0.2, 0.25) is 0 Å². The van der Waals surface area contributed by atoms with Crippen molar-refractivity contribution in [2.45, 2.75) is 39.7 Å². The van der Waals surface area contributed by atoms with Crippen LogP contribution >= 0.6 is 24.0 Å². The summed E-state index contributed by atoms with van der Waals surface area (Å²) in [6, 6.07) is 6.92. The fourth-order valence-corrected chi connectivity index (χ4v) is 4.44. The van der Waals surface area contributed by atoms with Gasteiger partial charge >= 0.3 is 6.09 Å². The third kappa shape index (κ3) is 7.91. The molecule has 2 fully saturated rings. The van der Waals surface area contributed by atoms with E-state index in [1.807, 2.05) is 0 Å². The molecular formula is C24H41IN6O2. The van der Waals surface area contributed by atoms with Crippen molar-refractivity contribution < 1.29 is 9.53 Å². The van der Waals surface area contributed by atoms with Gasteiger partial charge in [0, 0.05) is 64.1 Å². The Balaban J connectivity index is 0.00000385. The van der Waals surface area contributed by atoms with Crippen molar-refractivity contribution in [2.24, 2.45) is 4.99 Å². The van der Waals surface area contributed by atoms with Crippen LogP contribution in [0.5, 0.6) is 0 Å². The second-order valence-corrected chi connectivity index (χ2v) is 8.68. The average molecular weight is 573 g/mol. The molecule has 2 N–H and O–H groups in total. The molecular weight excluding hydrogens is 531 g/mol. The summed E-state index contributed by atoms with van der Waals surface area (Å²) in [6.07, 6.45) is 1.57. The van der Waals surface area contributed by atoms with E-state index in [0.717, 1.165) is 64.6 Å². The number of benzene rings is 1. The van der Waals surface area contributed by atoms with E-state index >= 15 is 0 Å². The molecule has 1 aromatic rings. The highest BCUT2D eigenvalue weighted by molar-refractivity contribution is 14.0. The van der Waals surface area contributed by atoms with Crippen molar-refractivity contribution in [2.75, 3.05) is 70.9 Å². The predicted molar refractivity (Wildman–Crippen MR) is 146 cm³/mol. The highest BCUT2D eigenvalue weighted by Gasteiger charge is 2.24. The number of rotatable bonds is 6. The van der Waals surface area contributed by atoms with Crippen LogP contribution in [0.3, 0.4) is 0 Å². The molecule has 0 saturated carbocycles. The standard InChI is InChI=1S/C24H40N6O2.HI/c1-5-25-23(27-21-9-12-30(13-10-21)24(31)32-4)26-11-14-28-15-17-29(18-16-28)22-8-6-7-19(2)20(22)3;/h6-8,21H,5,9-18H2,1-4H3,(H2,25,26,27);1H. The van der Waals surface area contributed by atoms with Gasteiger partial charge in [0.25, 0.3) is 0 Å². The van der Waals surface area contributed by atoms with Gasteiger partial charge in [-0.05, 0) is 50.8 Å². The number of carbonyl (C=O) groups excluding carboxylic acids is 1. The molecule has 0 aliphatic carbocycles. The summed E-state index contributed by atoms with van der Waals surface area (Å²) in [6.45, 7) is 14.8. The SMILES string of the molecule is CCNC(=NCCN1CCN(c2cccc(C)c2C)CC1)NC1CCN(C(=O)OC)CC1.I. The van der Waals surface area contributed by atoms with Crippen LogP contribution in [-0.2, 0) is 4.74 Å². The maximum absolute atomic E-state index is 11.7. The van der Waals surface area contributed by atoms with Gasteiger partial charge in [0.1, 0.15) is 0 Å². The van der Waals surface area contributed by atoms with Crippen LogP contribution in [0.25, 0.3) is 0 Å². The summed E-state index contributed by atoms with van der Waals surface area (Å²) in [7, 11) is 1.44. The molecule has 0 bridgehead atoms. The van der Waals surface area contributed by atoms with E-state index in [1.165, 1.54) is 23.9 Å². The van der Waals surface area contributed by atoms with Gasteiger partial charge in [0.2, 0.25) is 0 Å². The Kier molecular flexibility index (Phi) is 11.5. The predicted octanol–water partition coefficient (Wildman–Crippen LogP) is 2.83. The smallest absolute Gasteiger partial charge is 0.409 e. The number of hydrogen-bond donors (Lipinski definition) is 2. The lowest BCUT2D eigenvalue weighted by molar-refractivity contribution is 0.111. The van der Waals surface area contributed by atoms with Crippen LogP contribution < -0.4 is 15.5 Å². The lowest BCUT2D eigenvalue weighted by Gasteiger charge is -2.37. The number of guanidine groups is 1. The van der Waals surface area contributed by atoms with Gasteiger partial charge in [-0.1, -0.05) is 12.1 Å². The van der Waals surface area contributed by atoms with Crippen LogP contribution in [0.15, 0.2) is 23.2 Å². The Morgan fingerprint density at radius 2 is 1.82 bits per heavy atom. The van der Waals surface area contributed by atoms with E-state index in [9.17, 15) is 4.79 Å². The number of aryl methyl sites for hydroxylation is 1. The van der Waals surface area contributed by atoms with Crippen molar-refractivity contribution in [1.29, 1.82) is 0 Å². The normalized spacial score (nSPS) is 18.0. The summed E-state index contributed by atoms with van der Waals surface area (Å²) >= 11 is 0. The minimum Gasteiger partial charge on any atom is -0.453 e. The third-order valence-corrected chi connectivity index (χ3v) is 6.59. The highest BCUT2D eigenvalue weighted by Crippen LogP contribution is 2.23. The first-order valence-corrected chi connectivity index (χ1v) is 11.9. The Morgan fingerprint density at radius 1 is 1.12 bits per heavy atom. The summed E-state index contributed by atoms with van der Waals surface area (Å²) < 4.78 is 4.82. The van der Waals surface area contributed by atoms with Crippen LogP contribution in [0.1, 0.15) is 30.9 Å². The largest absolute Gasteiger partial charge is 0.453 e. The van der Waals surface area contributed by atoms with E-state index < -0.39 is 0 Å². The lowest BCUT2D eigenvalue weighted by atomic mass is 10.1. The quantitative estimate of drug-likeness (QED) is 0.311. The minimum atomic E-state index is -0.235. The number of piperidine rings is 1. The van der Waals surface area contributed by atoms with E-state index in [1.54, 1.807) is 4.90 Å². The number of amides is 1. The molecule has 9 heteroatoms. The number of halogens is 1. The number of aliphatic imine (C=N–C) groups is 1. The molecule has 1 amide bonds. The van der Waals surface area contributed by atoms with Gasteiger partial charge in [-0.3, -0.25) is 9.89 Å². The first-order chi connectivity index (χ1) is 15.5. The highest BCUT2D eigenvalue weighted by atomic mass is 127. The number of anilines is 1. The molecule has 8 nitrogen and oxygen atoms in total. The zero-order chi connectivity index (χ0) is 22.9. The Hall–Kier alpha value is -1.75. The van der Waals surface area contributed by atoms with E-state index in [2.05, 4.69) is 59.4 Å². The number of nitrogens with zero attached hydrogens (tertiary/aromatic N) is 4. The second-order valence-electron chi connectivity index (χ2n) is 8.68. The molecule has 33 heavy (non-hydrogen) atoms. The summed E-state index contributed by atoms with van der Waals surface area (Å²) in [4.78, 5) is 23.2. The van der Waals surface area contributed by atoms with E-state index in [-0.39, 0.29) is 30.1 Å². The van der Waals surface area contributed by atoms with Crippen molar-refractivity contribution >= 4 is 41.7 Å². The molecule has 0 radical (unpaired) electrons. The molecule has 3 rings (SSSR count). The Bertz CT molecular complexity index is 774. The first-order valence-electron chi connectivity index (χ1n) is 11.9. The van der Waals surface area contributed by atoms with Gasteiger partial charge in [-0.15, -0.1) is 24.0 Å². The minimum absolute atomic E-state index is 0. The maximum atomic E-state index is 11.7. The molecule has 2 heterocycles. The lowest BCUT2D eigenvalue weighted by Crippen LogP contribution is -2.50. The van der Waals surface area contributed by atoms with Crippen molar-refractivity contribution in [1.82, 2.24) is 20.4 Å². The molecule has 0 atom stereocenters. The van der Waals surface area contributed by atoms with E-state index in [0.29, 0.717) is 19.1 Å². The fraction of sp³-hybridized carbons (Fsp3) is 0.667. The zero-order valence-electron chi connectivity index (χ0n) is 20.6. The number of nitrogens with one attached hydrogen (secondary N) is 2. The average Bonchev–Trinajstić information content (AvgIpc) is 2.81. The topological polar surface area (TPSA) is 72.4 Å². The first kappa shape index (κ1) is 27.5. The number of hydrogen-bond acceptors (Lipinski definition) is 5. The third-order valence-electron chi connectivity index (χ3n) is 6.59. The Labute approximate surface area is 216 Å². The van der Waals surface area contributed by atoms with Crippen LogP contribution in [0, 0.1) is 13.8 Å². The number of likely N-dealkylation sites (tertiary alicyclic amines) is 1. The van der Waals surface area contributed by atoms with Crippen LogP contribution in [0.4, 0.5) is 10.5 Å². The number of ether oxygens (including phenoxy) is 1. The molecule has 2 aliphatic rings. The molecule has 0 spiro atoms. The van der Waals surface area contributed by atoms with Crippen molar-refractivity contribution in [3.63, 3.8) is 0 Å². The van der Waals surface area contributed by atoms with Crippen molar-refractivity contribution in [3.05, 3.63) is 29.3 Å². The van der Waals surface area contributed by atoms with Gasteiger partial charge in [0.15, 0.2) is 5.96 Å². The van der Waals surface area contributed by atoms with Crippen molar-refractivity contribution in [3.8, 4) is 0 Å². The number of carbonyl (C=O) groups is 1. The summed E-state index contributed by atoms with van der Waals surface area (Å²) in [5.74, 6) is 0.873. The molecule has 186 valence electrons. The summed E-state index contributed by atoms with van der Waals surface area (Å²) in [5.41, 5.74) is 4.13. The second kappa shape index (κ2) is 13.8. The Morgan fingerprint density at radius 3 is 2.45 bits per heavy atom. The molecule has 2 aliphatic heterocycles. The zero-order valence-corrected chi connectivity index (χ0v) is 22.9. The van der Waals surface area contributed by atoms with E-state index in [4.69, 9.17) is 9.73 Å². The van der Waals surface area contributed by atoms with Gasteiger partial charge < -0.3 is 25.2 Å². The van der Waals surface area contributed by atoms with Crippen LogP contribution in [-0.4, -0.2) is 93.9 Å². The van der Waals surface area contributed by atoms with Gasteiger partial charge in [-0.2, -0.15) is 0 Å². The molecule has 0 aromatic heterocycles. The maximum Gasteiger partial charge on any atom is 0.409 e. The molecule has 0 unspecified atom stereocenters. The number of piperazine rings is 1. The molecule has 1 aromatic carbocycles. The number of methoxy groups -OCH3 is 1. The van der Waals surface area contributed by atoms with Gasteiger partial charge in [-0.25, -0.2) is 4.79 Å². The summed E-state index contributed by atoms with van der Waals surface area (Å²) in [5, 5.41) is 6.91.